The van der Waals surface area contributed by atoms with Crippen LogP contribution in [0.5, 0.6) is 0 Å². The molecule has 0 aliphatic carbocycles. The number of benzene rings is 1. The second kappa shape index (κ2) is 7.03. The van der Waals surface area contributed by atoms with Crippen LogP contribution in [0.15, 0.2) is 33.8 Å². The van der Waals surface area contributed by atoms with Crippen LogP contribution in [0, 0.1) is 0 Å². The third-order valence-corrected chi connectivity index (χ3v) is 5.68. The smallest absolute Gasteiger partial charge is 0.260 e. The summed E-state index contributed by atoms with van der Waals surface area (Å²) in [6, 6.07) is 5.91. The minimum absolute atomic E-state index is 0.0127. The standard InChI is InChI=1S/C20H23N5O3/c1-23-13-21-17-10-14(2-3-15(17)20(23)26)25-7-5-24(6-8-25)11-18-16-12-27-9-4-19(16)28-22-18/h2-3,10,13H,4-9,11-12H2,1H3. The van der Waals surface area contributed by atoms with E-state index in [0.29, 0.717) is 18.6 Å². The van der Waals surface area contributed by atoms with Gasteiger partial charge in [0.05, 0.1) is 30.4 Å². The Kier molecular flexibility index (Phi) is 4.37. The van der Waals surface area contributed by atoms with Crippen molar-refractivity contribution in [3.8, 4) is 0 Å². The number of aryl methyl sites for hydroxylation is 1. The molecular weight excluding hydrogens is 358 g/mol. The molecular formula is C20H23N5O3. The van der Waals surface area contributed by atoms with E-state index < -0.39 is 0 Å². The van der Waals surface area contributed by atoms with Crippen molar-refractivity contribution < 1.29 is 9.26 Å². The number of hydrogen-bond donors (Lipinski definition) is 0. The fraction of sp³-hybridized carbons (Fsp3) is 0.450. The van der Waals surface area contributed by atoms with Crippen molar-refractivity contribution in [2.75, 3.05) is 37.7 Å². The third-order valence-electron chi connectivity index (χ3n) is 5.68. The Hall–Kier alpha value is -2.71. The molecule has 0 N–H and O–H groups in total. The van der Waals surface area contributed by atoms with Gasteiger partial charge < -0.3 is 18.7 Å². The van der Waals surface area contributed by atoms with E-state index in [9.17, 15) is 4.79 Å². The Morgan fingerprint density at radius 3 is 2.89 bits per heavy atom. The van der Waals surface area contributed by atoms with Gasteiger partial charge in [-0.15, -0.1) is 0 Å². The SMILES string of the molecule is Cn1cnc2cc(N3CCN(Cc4noc5c4COCC5)CC3)ccc2c1=O. The second-order valence-electron chi connectivity index (χ2n) is 7.46. The van der Waals surface area contributed by atoms with E-state index in [1.54, 1.807) is 13.4 Å². The molecule has 8 heteroatoms. The molecule has 8 nitrogen and oxygen atoms in total. The van der Waals surface area contributed by atoms with Gasteiger partial charge in [-0.2, -0.15) is 0 Å². The summed E-state index contributed by atoms with van der Waals surface area (Å²) < 4.78 is 12.5. The van der Waals surface area contributed by atoms with Crippen LogP contribution in [0.1, 0.15) is 17.0 Å². The highest BCUT2D eigenvalue weighted by Gasteiger charge is 2.24. The van der Waals surface area contributed by atoms with E-state index in [1.807, 2.05) is 18.2 Å². The van der Waals surface area contributed by atoms with Crippen LogP contribution in [0.3, 0.4) is 0 Å². The molecule has 28 heavy (non-hydrogen) atoms. The topological polar surface area (TPSA) is 76.6 Å². The highest BCUT2D eigenvalue weighted by Crippen LogP contribution is 2.24. The first-order chi connectivity index (χ1) is 13.7. The van der Waals surface area contributed by atoms with E-state index in [1.165, 1.54) is 4.57 Å². The molecule has 4 heterocycles. The molecule has 0 bridgehead atoms. The lowest BCUT2D eigenvalue weighted by molar-refractivity contribution is 0.102. The first-order valence-corrected chi connectivity index (χ1v) is 9.66. The molecule has 0 saturated carbocycles. The predicted octanol–water partition coefficient (Wildman–Crippen LogP) is 1.32. The van der Waals surface area contributed by atoms with Gasteiger partial charge in [0, 0.05) is 57.4 Å². The number of ether oxygens (including phenoxy) is 1. The summed E-state index contributed by atoms with van der Waals surface area (Å²) in [5.41, 5.74) is 3.99. The fourth-order valence-electron chi connectivity index (χ4n) is 3.98. The second-order valence-corrected chi connectivity index (χ2v) is 7.46. The van der Waals surface area contributed by atoms with Crippen molar-refractivity contribution in [2.24, 2.45) is 7.05 Å². The van der Waals surface area contributed by atoms with Gasteiger partial charge >= 0.3 is 0 Å². The van der Waals surface area contributed by atoms with E-state index in [-0.39, 0.29) is 5.56 Å². The van der Waals surface area contributed by atoms with E-state index in [2.05, 4.69) is 19.9 Å². The Morgan fingerprint density at radius 2 is 2.04 bits per heavy atom. The number of fused-ring (bicyclic) bond motifs is 2. The Bertz CT molecular complexity index is 1070. The Balaban J connectivity index is 1.27. The maximum atomic E-state index is 12.2. The van der Waals surface area contributed by atoms with Crippen molar-refractivity contribution in [2.45, 2.75) is 19.6 Å². The van der Waals surface area contributed by atoms with E-state index >= 15 is 0 Å². The number of rotatable bonds is 3. The van der Waals surface area contributed by atoms with Gasteiger partial charge in [-0.1, -0.05) is 5.16 Å². The summed E-state index contributed by atoms with van der Waals surface area (Å²) >= 11 is 0. The van der Waals surface area contributed by atoms with Crippen molar-refractivity contribution in [1.29, 1.82) is 0 Å². The number of piperazine rings is 1. The Labute approximate surface area is 162 Å². The zero-order valence-corrected chi connectivity index (χ0v) is 15.9. The largest absolute Gasteiger partial charge is 0.376 e. The van der Waals surface area contributed by atoms with Crippen LogP contribution in [-0.2, 0) is 31.4 Å². The van der Waals surface area contributed by atoms with Gasteiger partial charge in [-0.25, -0.2) is 4.98 Å². The van der Waals surface area contributed by atoms with Gasteiger partial charge in [-0.3, -0.25) is 9.69 Å². The lowest BCUT2D eigenvalue weighted by Crippen LogP contribution is -2.46. The summed E-state index contributed by atoms with van der Waals surface area (Å²) in [6.07, 6.45) is 2.39. The van der Waals surface area contributed by atoms with E-state index in [4.69, 9.17) is 9.26 Å². The molecule has 1 saturated heterocycles. The highest BCUT2D eigenvalue weighted by atomic mass is 16.5. The first kappa shape index (κ1) is 17.4. The molecule has 2 aliphatic heterocycles. The molecule has 5 rings (SSSR count). The molecule has 0 radical (unpaired) electrons. The van der Waals surface area contributed by atoms with Gasteiger partial charge in [-0.05, 0) is 18.2 Å². The molecule has 0 atom stereocenters. The summed E-state index contributed by atoms with van der Waals surface area (Å²) in [6.45, 7) is 5.87. The molecule has 2 aliphatic rings. The average Bonchev–Trinajstić information content (AvgIpc) is 3.14. The van der Waals surface area contributed by atoms with Crippen LogP contribution < -0.4 is 10.5 Å². The average molecular weight is 381 g/mol. The first-order valence-electron chi connectivity index (χ1n) is 9.66. The van der Waals surface area contributed by atoms with Gasteiger partial charge in [0.1, 0.15) is 11.5 Å². The van der Waals surface area contributed by atoms with Gasteiger partial charge in [0.2, 0.25) is 0 Å². The number of hydrogen-bond acceptors (Lipinski definition) is 7. The third kappa shape index (κ3) is 3.08. The molecule has 0 unspecified atom stereocenters. The zero-order chi connectivity index (χ0) is 19.1. The van der Waals surface area contributed by atoms with Crippen LogP contribution in [0.2, 0.25) is 0 Å². The Morgan fingerprint density at radius 1 is 1.18 bits per heavy atom. The van der Waals surface area contributed by atoms with Crippen LogP contribution in [0.4, 0.5) is 5.69 Å². The predicted molar refractivity (Wildman–Crippen MR) is 104 cm³/mol. The molecule has 1 aromatic carbocycles. The summed E-state index contributed by atoms with van der Waals surface area (Å²) in [4.78, 5) is 21.3. The lowest BCUT2D eigenvalue weighted by Gasteiger charge is -2.36. The molecule has 0 spiro atoms. The van der Waals surface area contributed by atoms with Gasteiger partial charge in [0.15, 0.2) is 0 Å². The maximum Gasteiger partial charge on any atom is 0.260 e. The van der Waals surface area contributed by atoms with Gasteiger partial charge in [0.25, 0.3) is 5.56 Å². The number of nitrogens with zero attached hydrogens (tertiary/aromatic N) is 5. The fourth-order valence-corrected chi connectivity index (χ4v) is 3.98. The van der Waals surface area contributed by atoms with Crippen molar-refractivity contribution >= 4 is 16.6 Å². The summed E-state index contributed by atoms with van der Waals surface area (Å²) in [7, 11) is 1.72. The van der Waals surface area contributed by atoms with Crippen molar-refractivity contribution in [1.82, 2.24) is 19.6 Å². The number of aromatic nitrogens is 3. The number of anilines is 1. The van der Waals surface area contributed by atoms with Crippen LogP contribution in [0.25, 0.3) is 10.9 Å². The normalized spacial score (nSPS) is 17.8. The minimum Gasteiger partial charge on any atom is -0.376 e. The maximum absolute atomic E-state index is 12.2. The monoisotopic (exact) mass is 381 g/mol. The van der Waals surface area contributed by atoms with Crippen molar-refractivity contribution in [3.63, 3.8) is 0 Å². The highest BCUT2D eigenvalue weighted by molar-refractivity contribution is 5.81. The zero-order valence-electron chi connectivity index (χ0n) is 15.9. The molecule has 3 aromatic rings. The van der Waals surface area contributed by atoms with Crippen LogP contribution in [-0.4, -0.2) is 52.4 Å². The molecule has 146 valence electrons. The summed E-state index contributed by atoms with van der Waals surface area (Å²) in [5, 5.41) is 4.93. The minimum atomic E-state index is -0.0127. The molecule has 0 amide bonds. The quantitative estimate of drug-likeness (QED) is 0.677. The van der Waals surface area contributed by atoms with E-state index in [0.717, 1.165) is 67.4 Å². The lowest BCUT2D eigenvalue weighted by atomic mass is 10.1. The molecule has 1 fully saturated rings. The molecule has 2 aromatic heterocycles. The van der Waals surface area contributed by atoms with Crippen LogP contribution >= 0.6 is 0 Å². The van der Waals surface area contributed by atoms with Crippen molar-refractivity contribution in [3.05, 3.63) is 51.9 Å². The summed E-state index contributed by atoms with van der Waals surface area (Å²) in [5.74, 6) is 0.981.